The molecule has 27 heavy (non-hydrogen) atoms. The van der Waals surface area contributed by atoms with Crippen LogP contribution in [0.15, 0.2) is 82.3 Å². The third-order valence-electron chi connectivity index (χ3n) is 4.70. The Hall–Kier alpha value is -2.50. The molecular weight excluding hydrogens is 356 g/mol. The highest BCUT2D eigenvalue weighted by Crippen LogP contribution is 2.43. The van der Waals surface area contributed by atoms with E-state index in [0.717, 1.165) is 22.1 Å². The Labute approximate surface area is 163 Å². The summed E-state index contributed by atoms with van der Waals surface area (Å²) in [6.07, 6.45) is 1.66. The molecule has 0 aliphatic carbocycles. The number of hydrogen-bond acceptors (Lipinski definition) is 4. The average molecular weight is 378 g/mol. The molecule has 2 heterocycles. The zero-order valence-electron chi connectivity index (χ0n) is 15.2. The van der Waals surface area contributed by atoms with Crippen molar-refractivity contribution in [3.8, 4) is 0 Å². The molecule has 0 spiro atoms. The van der Waals surface area contributed by atoms with Crippen molar-refractivity contribution in [3.05, 3.63) is 84.3 Å². The van der Waals surface area contributed by atoms with Gasteiger partial charge in [-0.05, 0) is 36.9 Å². The number of hydrogen-bond donors (Lipinski definition) is 0. The number of para-hydroxylation sites is 1. The van der Waals surface area contributed by atoms with Crippen LogP contribution in [0, 0.1) is 0 Å². The molecule has 1 aromatic heterocycles. The van der Waals surface area contributed by atoms with Crippen molar-refractivity contribution in [2.24, 2.45) is 0 Å². The Kier molecular flexibility index (Phi) is 5.32. The summed E-state index contributed by atoms with van der Waals surface area (Å²) in [6.45, 7) is 0.946. The number of rotatable bonds is 5. The van der Waals surface area contributed by atoms with Crippen molar-refractivity contribution in [3.63, 3.8) is 0 Å². The van der Waals surface area contributed by atoms with Crippen molar-refractivity contribution in [1.82, 2.24) is 4.90 Å². The van der Waals surface area contributed by atoms with Crippen molar-refractivity contribution >= 4 is 23.4 Å². The summed E-state index contributed by atoms with van der Waals surface area (Å²) in [7, 11) is 1.95. The number of nitrogens with zero attached hydrogens (tertiary/aromatic N) is 2. The van der Waals surface area contributed by atoms with Crippen LogP contribution in [-0.2, 0) is 11.3 Å². The summed E-state index contributed by atoms with van der Waals surface area (Å²) in [4.78, 5) is 18.5. The zero-order chi connectivity index (χ0) is 18.6. The summed E-state index contributed by atoms with van der Waals surface area (Å²) in [5, 5.41) is 0. The molecule has 0 radical (unpaired) electrons. The third kappa shape index (κ3) is 3.94. The van der Waals surface area contributed by atoms with Gasteiger partial charge in [-0.2, -0.15) is 0 Å². The average Bonchev–Trinajstić information content (AvgIpc) is 3.20. The largest absolute Gasteiger partial charge is 0.468 e. The van der Waals surface area contributed by atoms with Crippen LogP contribution in [0.3, 0.4) is 0 Å². The summed E-state index contributed by atoms with van der Waals surface area (Å²) in [5.74, 6) is 1.82. The Balaban J connectivity index is 1.60. The number of likely N-dealkylation sites (N-methyl/N-ethyl adjacent to an activating group) is 1. The van der Waals surface area contributed by atoms with Crippen LogP contribution in [0.5, 0.6) is 0 Å². The summed E-state index contributed by atoms with van der Waals surface area (Å²) in [6, 6.07) is 22.3. The molecule has 5 heteroatoms. The molecule has 2 aromatic carbocycles. The van der Waals surface area contributed by atoms with E-state index in [1.165, 1.54) is 5.56 Å². The van der Waals surface area contributed by atoms with Gasteiger partial charge in [0, 0.05) is 10.6 Å². The first kappa shape index (κ1) is 17.9. The lowest BCUT2D eigenvalue weighted by Crippen LogP contribution is -2.43. The van der Waals surface area contributed by atoms with Gasteiger partial charge in [0.25, 0.3) is 0 Å². The monoisotopic (exact) mass is 378 g/mol. The van der Waals surface area contributed by atoms with Crippen LogP contribution < -0.4 is 4.90 Å². The minimum atomic E-state index is 0.0376. The van der Waals surface area contributed by atoms with E-state index in [1.807, 2.05) is 77.1 Å². The number of carbonyl (C=O) groups excluding carboxylic acids is 1. The smallest absolute Gasteiger partial charge is 0.241 e. The fraction of sp³-hybridized carbons (Fsp3) is 0.227. The van der Waals surface area contributed by atoms with Gasteiger partial charge >= 0.3 is 0 Å². The molecule has 1 amide bonds. The first-order valence-electron chi connectivity index (χ1n) is 9.02. The highest BCUT2D eigenvalue weighted by atomic mass is 32.2. The highest BCUT2D eigenvalue weighted by Gasteiger charge is 2.32. The van der Waals surface area contributed by atoms with Crippen LogP contribution in [0.2, 0.25) is 0 Å². The van der Waals surface area contributed by atoms with Gasteiger partial charge in [0.1, 0.15) is 5.76 Å². The van der Waals surface area contributed by atoms with E-state index in [9.17, 15) is 4.79 Å². The first-order chi connectivity index (χ1) is 13.2. The Morgan fingerprint density at radius 3 is 2.67 bits per heavy atom. The predicted octanol–water partition coefficient (Wildman–Crippen LogP) is 4.59. The van der Waals surface area contributed by atoms with E-state index >= 15 is 0 Å². The lowest BCUT2D eigenvalue weighted by Gasteiger charge is -2.38. The quantitative estimate of drug-likeness (QED) is 0.651. The van der Waals surface area contributed by atoms with Crippen molar-refractivity contribution in [1.29, 1.82) is 0 Å². The Morgan fingerprint density at radius 2 is 1.89 bits per heavy atom. The van der Waals surface area contributed by atoms with Gasteiger partial charge in [-0.25, -0.2) is 0 Å². The fourth-order valence-electron chi connectivity index (χ4n) is 3.45. The summed E-state index contributed by atoms with van der Waals surface area (Å²) in [5.41, 5.74) is 2.17. The number of thioether (sulfide) groups is 1. The van der Waals surface area contributed by atoms with Crippen LogP contribution in [-0.4, -0.2) is 30.2 Å². The van der Waals surface area contributed by atoms with Crippen LogP contribution >= 0.6 is 11.8 Å². The molecule has 138 valence electrons. The number of anilines is 1. The number of fused-ring (bicyclic) bond motifs is 1. The maximum Gasteiger partial charge on any atom is 0.241 e. The van der Waals surface area contributed by atoms with Gasteiger partial charge in [-0.15, -0.1) is 11.8 Å². The van der Waals surface area contributed by atoms with E-state index in [2.05, 4.69) is 18.2 Å². The van der Waals surface area contributed by atoms with Gasteiger partial charge in [0.15, 0.2) is 0 Å². The molecule has 0 saturated carbocycles. The maximum atomic E-state index is 13.3. The predicted molar refractivity (Wildman–Crippen MR) is 109 cm³/mol. The van der Waals surface area contributed by atoms with Crippen LogP contribution in [0.1, 0.15) is 17.4 Å². The molecule has 4 rings (SSSR count). The first-order valence-corrected chi connectivity index (χ1v) is 10.0. The van der Waals surface area contributed by atoms with Gasteiger partial charge in [-0.1, -0.05) is 42.5 Å². The number of amides is 1. The second-order valence-electron chi connectivity index (χ2n) is 6.72. The second-order valence-corrected chi connectivity index (χ2v) is 7.78. The van der Waals surface area contributed by atoms with Gasteiger partial charge < -0.3 is 9.32 Å². The van der Waals surface area contributed by atoms with Crippen LogP contribution in [0.4, 0.5) is 5.69 Å². The fourth-order valence-corrected chi connectivity index (χ4v) is 4.62. The molecule has 0 unspecified atom stereocenters. The number of furan rings is 1. The Morgan fingerprint density at radius 1 is 1.11 bits per heavy atom. The molecule has 1 aliphatic rings. The molecule has 0 saturated heterocycles. The molecule has 1 aliphatic heterocycles. The van der Waals surface area contributed by atoms with Gasteiger partial charge in [0.2, 0.25) is 5.91 Å². The normalized spacial score (nSPS) is 16.4. The maximum absolute atomic E-state index is 13.3. The standard InChI is InChI=1S/C22H22N2O2S/c1-23(14-18-10-7-13-26-18)15-22(25)24-19-11-5-6-12-21(19)27-16-20(24)17-8-3-2-4-9-17/h2-13,20H,14-16H2,1H3/t20-/m0/s1. The van der Waals surface area contributed by atoms with Crippen molar-refractivity contribution in [2.45, 2.75) is 17.5 Å². The molecule has 0 bridgehead atoms. The molecule has 0 fully saturated rings. The molecule has 4 nitrogen and oxygen atoms in total. The number of benzene rings is 2. The van der Waals surface area contributed by atoms with Gasteiger partial charge in [0.05, 0.1) is 31.1 Å². The van der Waals surface area contributed by atoms with E-state index in [0.29, 0.717) is 13.1 Å². The second kappa shape index (κ2) is 8.03. The minimum absolute atomic E-state index is 0.0376. The third-order valence-corrected chi connectivity index (χ3v) is 5.84. The van der Waals surface area contributed by atoms with Gasteiger partial charge in [-0.3, -0.25) is 9.69 Å². The van der Waals surface area contributed by atoms with Crippen molar-refractivity contribution < 1.29 is 9.21 Å². The topological polar surface area (TPSA) is 36.7 Å². The highest BCUT2D eigenvalue weighted by molar-refractivity contribution is 7.99. The van der Waals surface area contributed by atoms with Crippen LogP contribution in [0.25, 0.3) is 0 Å². The minimum Gasteiger partial charge on any atom is -0.468 e. The lowest BCUT2D eigenvalue weighted by molar-refractivity contribution is -0.120. The van der Waals surface area contributed by atoms with E-state index in [-0.39, 0.29) is 11.9 Å². The molecular formula is C22H22N2O2S. The van der Waals surface area contributed by atoms with E-state index in [4.69, 9.17) is 4.42 Å². The zero-order valence-corrected chi connectivity index (χ0v) is 16.1. The van der Waals surface area contributed by atoms with E-state index in [1.54, 1.807) is 6.26 Å². The molecule has 0 N–H and O–H groups in total. The number of carbonyl (C=O) groups is 1. The summed E-state index contributed by atoms with van der Waals surface area (Å²) >= 11 is 1.81. The lowest BCUT2D eigenvalue weighted by atomic mass is 10.1. The van der Waals surface area contributed by atoms with E-state index < -0.39 is 0 Å². The summed E-state index contributed by atoms with van der Waals surface area (Å²) < 4.78 is 5.41. The van der Waals surface area contributed by atoms with Crippen molar-refractivity contribution in [2.75, 3.05) is 24.2 Å². The molecule has 3 aromatic rings. The molecule has 1 atom stereocenters. The Bertz CT molecular complexity index is 896. The SMILES string of the molecule is CN(CC(=O)N1c2ccccc2SC[C@H]1c1ccccc1)Cc1ccco1.